The van der Waals surface area contributed by atoms with E-state index in [-0.39, 0.29) is 6.10 Å². The molecule has 0 aliphatic heterocycles. The summed E-state index contributed by atoms with van der Waals surface area (Å²) in [6.07, 6.45) is 2.60. The number of aryl methyl sites for hydroxylation is 1. The van der Waals surface area contributed by atoms with Gasteiger partial charge >= 0.3 is 0 Å². The van der Waals surface area contributed by atoms with Gasteiger partial charge in [0.1, 0.15) is 0 Å². The predicted molar refractivity (Wildman–Crippen MR) is 68.4 cm³/mol. The van der Waals surface area contributed by atoms with Crippen LogP contribution in [0.4, 0.5) is 0 Å². The largest absolute Gasteiger partial charge is 0.393 e. The van der Waals surface area contributed by atoms with Crippen LogP contribution < -0.4 is 5.32 Å². The zero-order valence-corrected chi connectivity index (χ0v) is 10.4. The van der Waals surface area contributed by atoms with Gasteiger partial charge in [0.25, 0.3) is 0 Å². The number of aliphatic hydroxyl groups is 1. The highest BCUT2D eigenvalue weighted by Crippen LogP contribution is 2.08. The van der Waals surface area contributed by atoms with Gasteiger partial charge < -0.3 is 10.4 Å². The molecule has 90 valence electrons. The summed E-state index contributed by atoms with van der Waals surface area (Å²) >= 11 is 0. The monoisotopic (exact) mass is 221 g/mol. The maximum atomic E-state index is 9.42. The molecule has 0 saturated heterocycles. The Labute approximate surface area is 98.7 Å². The van der Waals surface area contributed by atoms with Crippen molar-refractivity contribution in [2.75, 3.05) is 6.54 Å². The Morgan fingerprint density at radius 2 is 1.88 bits per heavy atom. The van der Waals surface area contributed by atoms with Crippen molar-refractivity contribution >= 4 is 0 Å². The molecule has 1 unspecified atom stereocenters. The van der Waals surface area contributed by atoms with Gasteiger partial charge in [0.15, 0.2) is 0 Å². The molecule has 0 aliphatic carbocycles. The summed E-state index contributed by atoms with van der Waals surface area (Å²) in [4.78, 5) is 0. The van der Waals surface area contributed by atoms with Crippen LogP contribution in [-0.2, 0) is 13.0 Å². The average Bonchev–Trinajstić information content (AvgIpc) is 2.34. The Kier molecular flexibility index (Phi) is 6.12. The Balaban J connectivity index is 2.31. The van der Waals surface area contributed by atoms with Crippen molar-refractivity contribution in [3.63, 3.8) is 0 Å². The summed E-state index contributed by atoms with van der Waals surface area (Å²) < 4.78 is 0. The minimum atomic E-state index is -0.158. The number of nitrogens with one attached hydrogen (secondary N) is 1. The standard InChI is InChI=1S/C14H23NO/c1-3-12-7-5-6-8-13(12)11-15-10-9-14(16)4-2/h5-8,14-16H,3-4,9-11H2,1-2H3. The van der Waals surface area contributed by atoms with Crippen LogP contribution in [0, 0.1) is 0 Å². The average molecular weight is 221 g/mol. The van der Waals surface area contributed by atoms with E-state index in [4.69, 9.17) is 0 Å². The Hall–Kier alpha value is -0.860. The highest BCUT2D eigenvalue weighted by molar-refractivity contribution is 5.26. The SMILES string of the molecule is CCc1ccccc1CNCCC(O)CC. The molecule has 16 heavy (non-hydrogen) atoms. The first-order valence-corrected chi connectivity index (χ1v) is 6.23. The number of hydrogen-bond donors (Lipinski definition) is 2. The normalized spacial score (nSPS) is 12.7. The first kappa shape index (κ1) is 13.2. The Morgan fingerprint density at radius 1 is 1.19 bits per heavy atom. The van der Waals surface area contributed by atoms with Crippen LogP contribution in [0.2, 0.25) is 0 Å². The molecule has 2 N–H and O–H groups in total. The van der Waals surface area contributed by atoms with Gasteiger partial charge in [-0.15, -0.1) is 0 Å². The van der Waals surface area contributed by atoms with Crippen molar-refractivity contribution in [1.29, 1.82) is 0 Å². The maximum Gasteiger partial charge on any atom is 0.0549 e. The molecule has 0 amide bonds. The van der Waals surface area contributed by atoms with Crippen LogP contribution in [0.1, 0.15) is 37.8 Å². The van der Waals surface area contributed by atoms with E-state index in [1.807, 2.05) is 6.92 Å². The summed E-state index contributed by atoms with van der Waals surface area (Å²) in [5.74, 6) is 0. The molecule has 0 fully saturated rings. The second kappa shape index (κ2) is 7.42. The lowest BCUT2D eigenvalue weighted by Crippen LogP contribution is -2.20. The van der Waals surface area contributed by atoms with Gasteiger partial charge in [-0.3, -0.25) is 0 Å². The van der Waals surface area contributed by atoms with E-state index >= 15 is 0 Å². The second-order valence-corrected chi connectivity index (χ2v) is 4.15. The fourth-order valence-corrected chi connectivity index (χ4v) is 1.77. The van der Waals surface area contributed by atoms with Gasteiger partial charge in [0.2, 0.25) is 0 Å². The first-order chi connectivity index (χ1) is 7.77. The summed E-state index contributed by atoms with van der Waals surface area (Å²) in [5, 5.41) is 12.8. The van der Waals surface area contributed by atoms with E-state index in [2.05, 4.69) is 36.5 Å². The maximum absolute atomic E-state index is 9.42. The zero-order valence-electron chi connectivity index (χ0n) is 10.4. The molecule has 1 atom stereocenters. The second-order valence-electron chi connectivity index (χ2n) is 4.15. The fourth-order valence-electron chi connectivity index (χ4n) is 1.77. The van der Waals surface area contributed by atoms with Crippen molar-refractivity contribution in [3.05, 3.63) is 35.4 Å². The minimum Gasteiger partial charge on any atom is -0.393 e. The van der Waals surface area contributed by atoms with Crippen LogP contribution >= 0.6 is 0 Å². The molecule has 1 rings (SSSR count). The molecule has 0 aliphatic rings. The molecule has 0 saturated carbocycles. The van der Waals surface area contributed by atoms with E-state index in [1.165, 1.54) is 11.1 Å². The van der Waals surface area contributed by atoms with Crippen molar-refractivity contribution in [1.82, 2.24) is 5.32 Å². The van der Waals surface area contributed by atoms with Crippen LogP contribution in [0.3, 0.4) is 0 Å². The molecular weight excluding hydrogens is 198 g/mol. The summed E-state index contributed by atoms with van der Waals surface area (Å²) in [7, 11) is 0. The summed E-state index contributed by atoms with van der Waals surface area (Å²) in [6, 6.07) is 8.51. The number of rotatable bonds is 7. The van der Waals surface area contributed by atoms with E-state index in [1.54, 1.807) is 0 Å². The minimum absolute atomic E-state index is 0.158. The van der Waals surface area contributed by atoms with Gasteiger partial charge in [0, 0.05) is 6.54 Å². The molecule has 0 radical (unpaired) electrons. The molecule has 1 aromatic rings. The third-order valence-corrected chi connectivity index (χ3v) is 2.94. The lowest BCUT2D eigenvalue weighted by molar-refractivity contribution is 0.159. The van der Waals surface area contributed by atoms with Crippen LogP contribution in [0.5, 0.6) is 0 Å². The van der Waals surface area contributed by atoms with E-state index in [0.29, 0.717) is 0 Å². The van der Waals surface area contributed by atoms with Crippen LogP contribution in [-0.4, -0.2) is 17.8 Å². The fraction of sp³-hybridized carbons (Fsp3) is 0.571. The number of benzene rings is 1. The molecule has 0 spiro atoms. The molecule has 0 bridgehead atoms. The molecule has 2 heteroatoms. The van der Waals surface area contributed by atoms with Gasteiger partial charge in [-0.1, -0.05) is 38.1 Å². The Bertz CT molecular complexity index is 299. The lowest BCUT2D eigenvalue weighted by atomic mass is 10.1. The highest BCUT2D eigenvalue weighted by atomic mass is 16.3. The lowest BCUT2D eigenvalue weighted by Gasteiger charge is -2.11. The van der Waals surface area contributed by atoms with E-state index in [9.17, 15) is 5.11 Å². The third kappa shape index (κ3) is 4.33. The van der Waals surface area contributed by atoms with Crippen molar-refractivity contribution in [2.45, 2.75) is 45.8 Å². The van der Waals surface area contributed by atoms with Gasteiger partial charge in [-0.2, -0.15) is 0 Å². The first-order valence-electron chi connectivity index (χ1n) is 6.23. The third-order valence-electron chi connectivity index (χ3n) is 2.94. The molecule has 2 nitrogen and oxygen atoms in total. The topological polar surface area (TPSA) is 32.3 Å². The zero-order chi connectivity index (χ0) is 11.8. The quantitative estimate of drug-likeness (QED) is 0.693. The van der Waals surface area contributed by atoms with Crippen molar-refractivity contribution in [3.8, 4) is 0 Å². The van der Waals surface area contributed by atoms with Crippen molar-refractivity contribution < 1.29 is 5.11 Å². The summed E-state index contributed by atoms with van der Waals surface area (Å²) in [5.41, 5.74) is 2.78. The molecule has 0 aromatic heterocycles. The molecular formula is C14H23NO. The van der Waals surface area contributed by atoms with Crippen molar-refractivity contribution in [2.24, 2.45) is 0 Å². The van der Waals surface area contributed by atoms with Gasteiger partial charge in [-0.05, 0) is 36.9 Å². The molecule has 1 aromatic carbocycles. The van der Waals surface area contributed by atoms with Crippen LogP contribution in [0.25, 0.3) is 0 Å². The smallest absolute Gasteiger partial charge is 0.0549 e. The highest BCUT2D eigenvalue weighted by Gasteiger charge is 2.01. The predicted octanol–water partition coefficient (Wildman–Crippen LogP) is 2.50. The van der Waals surface area contributed by atoms with Gasteiger partial charge in [0.05, 0.1) is 6.10 Å². The Morgan fingerprint density at radius 3 is 2.50 bits per heavy atom. The number of aliphatic hydroxyl groups excluding tert-OH is 1. The van der Waals surface area contributed by atoms with Gasteiger partial charge in [-0.25, -0.2) is 0 Å². The van der Waals surface area contributed by atoms with E-state index < -0.39 is 0 Å². The molecule has 0 heterocycles. The summed E-state index contributed by atoms with van der Waals surface area (Å²) in [6.45, 7) is 5.98. The van der Waals surface area contributed by atoms with Crippen LogP contribution in [0.15, 0.2) is 24.3 Å². The van der Waals surface area contributed by atoms with E-state index in [0.717, 1.165) is 32.4 Å². The number of hydrogen-bond acceptors (Lipinski definition) is 2.